The molecule has 2 nitrogen and oxygen atoms in total. The van der Waals surface area contributed by atoms with E-state index in [4.69, 9.17) is 5.84 Å². The fourth-order valence-corrected chi connectivity index (χ4v) is 2.19. The third kappa shape index (κ3) is 4.51. The molecule has 3 N–H and O–H groups in total. The summed E-state index contributed by atoms with van der Waals surface area (Å²) in [4.78, 5) is 0. The summed E-state index contributed by atoms with van der Waals surface area (Å²) < 4.78 is 38.0. The number of halogens is 3. The molecule has 0 bridgehead atoms. The van der Waals surface area contributed by atoms with Crippen LogP contribution in [-0.4, -0.2) is 0 Å². The van der Waals surface area contributed by atoms with E-state index in [2.05, 4.69) is 19.3 Å². The average molecular weight is 274 g/mol. The van der Waals surface area contributed by atoms with Crippen molar-refractivity contribution in [3.05, 3.63) is 35.4 Å². The third-order valence-electron chi connectivity index (χ3n) is 3.54. The average Bonchev–Trinajstić information content (AvgIpc) is 2.39. The third-order valence-corrected chi connectivity index (χ3v) is 3.54. The summed E-state index contributed by atoms with van der Waals surface area (Å²) in [7, 11) is 0. The molecule has 0 aliphatic rings. The van der Waals surface area contributed by atoms with Crippen LogP contribution in [0.1, 0.15) is 50.3 Å². The number of hydrogen-bond acceptors (Lipinski definition) is 2. The second-order valence-corrected chi connectivity index (χ2v) is 4.76. The fourth-order valence-electron chi connectivity index (χ4n) is 2.19. The van der Waals surface area contributed by atoms with Gasteiger partial charge in [0.05, 0.1) is 5.56 Å². The van der Waals surface area contributed by atoms with E-state index < -0.39 is 11.7 Å². The summed E-state index contributed by atoms with van der Waals surface area (Å²) in [6.45, 7) is 4.15. The van der Waals surface area contributed by atoms with Crippen LogP contribution >= 0.6 is 0 Å². The minimum absolute atomic E-state index is 0.243. The topological polar surface area (TPSA) is 38.0 Å². The molecule has 0 aromatic heterocycles. The molecule has 0 radical (unpaired) electrons. The predicted octanol–water partition coefficient (Wildman–Crippen LogP) is 4.04. The van der Waals surface area contributed by atoms with E-state index in [9.17, 15) is 13.2 Å². The molecule has 19 heavy (non-hydrogen) atoms. The lowest BCUT2D eigenvalue weighted by atomic mass is 9.91. The van der Waals surface area contributed by atoms with E-state index in [0.717, 1.165) is 25.3 Å². The van der Waals surface area contributed by atoms with E-state index in [1.165, 1.54) is 12.1 Å². The summed E-state index contributed by atoms with van der Waals surface area (Å²) in [5.74, 6) is 5.94. The SMILES string of the molecule is CCC(CC)CC(NN)c1cccc(C(F)(F)F)c1. The van der Waals surface area contributed by atoms with Gasteiger partial charge in [0.1, 0.15) is 0 Å². The molecule has 0 spiro atoms. The van der Waals surface area contributed by atoms with E-state index in [1.807, 2.05) is 0 Å². The summed E-state index contributed by atoms with van der Waals surface area (Å²) in [5.41, 5.74) is 2.59. The number of hydrazine groups is 1. The molecule has 0 amide bonds. The minimum Gasteiger partial charge on any atom is -0.271 e. The zero-order chi connectivity index (χ0) is 14.5. The van der Waals surface area contributed by atoms with Crippen LogP contribution in [0.2, 0.25) is 0 Å². The summed E-state index contributed by atoms with van der Waals surface area (Å²) in [6, 6.07) is 5.12. The molecule has 1 aromatic carbocycles. The fraction of sp³-hybridized carbons (Fsp3) is 0.571. The standard InChI is InChI=1S/C14H21F3N2/c1-3-10(4-2)8-13(19-18)11-6-5-7-12(9-11)14(15,16)17/h5-7,9-10,13,19H,3-4,8,18H2,1-2H3. The van der Waals surface area contributed by atoms with Crippen LogP contribution in [-0.2, 0) is 6.18 Å². The molecule has 1 rings (SSSR count). The van der Waals surface area contributed by atoms with Crippen LogP contribution in [0.25, 0.3) is 0 Å². The number of rotatable bonds is 6. The molecule has 1 atom stereocenters. The first kappa shape index (κ1) is 16.0. The van der Waals surface area contributed by atoms with Gasteiger partial charge < -0.3 is 0 Å². The maximum Gasteiger partial charge on any atom is 0.416 e. The Balaban J connectivity index is 2.92. The first-order chi connectivity index (χ1) is 8.92. The highest BCUT2D eigenvalue weighted by Gasteiger charge is 2.31. The van der Waals surface area contributed by atoms with Crippen LogP contribution in [0.15, 0.2) is 24.3 Å². The number of nitrogens with two attached hydrogens (primary N) is 1. The Morgan fingerprint density at radius 3 is 2.32 bits per heavy atom. The summed E-state index contributed by atoms with van der Waals surface area (Å²) in [5, 5.41) is 0. The lowest BCUT2D eigenvalue weighted by Gasteiger charge is -2.22. The van der Waals surface area contributed by atoms with Gasteiger partial charge in [-0.2, -0.15) is 13.2 Å². The molecule has 0 saturated heterocycles. The lowest BCUT2D eigenvalue weighted by Crippen LogP contribution is -2.29. The van der Waals surface area contributed by atoms with Crippen LogP contribution in [0.4, 0.5) is 13.2 Å². The molecule has 0 fully saturated rings. The minimum atomic E-state index is -4.32. The van der Waals surface area contributed by atoms with Crippen LogP contribution < -0.4 is 11.3 Å². The Hall–Kier alpha value is -1.07. The highest BCUT2D eigenvalue weighted by Crippen LogP contribution is 2.32. The Bertz CT molecular complexity index is 387. The Morgan fingerprint density at radius 1 is 1.21 bits per heavy atom. The highest BCUT2D eigenvalue weighted by molar-refractivity contribution is 5.28. The van der Waals surface area contributed by atoms with Gasteiger partial charge in [0, 0.05) is 6.04 Å². The summed E-state index contributed by atoms with van der Waals surface area (Å²) in [6.07, 6.45) is -1.59. The van der Waals surface area contributed by atoms with Crippen LogP contribution in [0.3, 0.4) is 0 Å². The molecule has 1 unspecified atom stereocenters. The van der Waals surface area contributed by atoms with Gasteiger partial charge in [-0.15, -0.1) is 0 Å². The van der Waals surface area contributed by atoms with Gasteiger partial charge in [-0.3, -0.25) is 11.3 Å². The first-order valence-electron chi connectivity index (χ1n) is 6.55. The van der Waals surface area contributed by atoms with Crippen LogP contribution in [0.5, 0.6) is 0 Å². The monoisotopic (exact) mass is 274 g/mol. The number of hydrogen-bond donors (Lipinski definition) is 2. The molecule has 5 heteroatoms. The molecule has 0 aliphatic carbocycles. The van der Waals surface area contributed by atoms with E-state index in [-0.39, 0.29) is 6.04 Å². The smallest absolute Gasteiger partial charge is 0.271 e. The van der Waals surface area contributed by atoms with Gasteiger partial charge in [-0.05, 0) is 30.0 Å². The van der Waals surface area contributed by atoms with Gasteiger partial charge in [-0.1, -0.05) is 38.8 Å². The lowest BCUT2D eigenvalue weighted by molar-refractivity contribution is -0.137. The van der Waals surface area contributed by atoms with E-state index in [0.29, 0.717) is 11.5 Å². The molecule has 108 valence electrons. The van der Waals surface area contributed by atoms with Gasteiger partial charge in [0.25, 0.3) is 0 Å². The van der Waals surface area contributed by atoms with Crippen molar-refractivity contribution in [3.63, 3.8) is 0 Å². The molecule has 0 aliphatic heterocycles. The maximum atomic E-state index is 12.7. The Morgan fingerprint density at radius 2 is 1.84 bits per heavy atom. The van der Waals surface area contributed by atoms with Gasteiger partial charge >= 0.3 is 6.18 Å². The molecular weight excluding hydrogens is 253 g/mol. The van der Waals surface area contributed by atoms with Crippen molar-refractivity contribution in [1.29, 1.82) is 0 Å². The number of alkyl halides is 3. The summed E-state index contributed by atoms with van der Waals surface area (Å²) >= 11 is 0. The Kier molecular flexibility index (Phi) is 5.82. The molecule has 1 aromatic rings. The first-order valence-corrected chi connectivity index (χ1v) is 6.55. The van der Waals surface area contributed by atoms with Crippen molar-refractivity contribution in [2.24, 2.45) is 11.8 Å². The van der Waals surface area contributed by atoms with Crippen LogP contribution in [0, 0.1) is 5.92 Å². The second-order valence-electron chi connectivity index (χ2n) is 4.76. The van der Waals surface area contributed by atoms with E-state index in [1.54, 1.807) is 6.07 Å². The van der Waals surface area contributed by atoms with Gasteiger partial charge in [-0.25, -0.2) is 0 Å². The molecular formula is C14H21F3N2. The molecule has 0 saturated carbocycles. The van der Waals surface area contributed by atoms with E-state index >= 15 is 0 Å². The quantitative estimate of drug-likeness (QED) is 0.607. The van der Waals surface area contributed by atoms with Crippen molar-refractivity contribution < 1.29 is 13.2 Å². The largest absolute Gasteiger partial charge is 0.416 e. The van der Waals surface area contributed by atoms with Crippen molar-refractivity contribution in [3.8, 4) is 0 Å². The maximum absolute atomic E-state index is 12.7. The number of benzene rings is 1. The van der Waals surface area contributed by atoms with Gasteiger partial charge in [0.2, 0.25) is 0 Å². The molecule has 0 heterocycles. The van der Waals surface area contributed by atoms with Crippen molar-refractivity contribution in [1.82, 2.24) is 5.43 Å². The van der Waals surface area contributed by atoms with Gasteiger partial charge in [0.15, 0.2) is 0 Å². The zero-order valence-electron chi connectivity index (χ0n) is 11.3. The number of nitrogens with one attached hydrogen (secondary N) is 1. The highest BCUT2D eigenvalue weighted by atomic mass is 19.4. The zero-order valence-corrected chi connectivity index (χ0v) is 11.3. The van der Waals surface area contributed by atoms with Crippen molar-refractivity contribution in [2.75, 3.05) is 0 Å². The Labute approximate surface area is 112 Å². The normalized spacial score (nSPS) is 13.8. The predicted molar refractivity (Wildman–Crippen MR) is 70.2 cm³/mol. The van der Waals surface area contributed by atoms with Crippen molar-refractivity contribution in [2.45, 2.75) is 45.3 Å². The second kappa shape index (κ2) is 6.91. The van der Waals surface area contributed by atoms with Crippen molar-refractivity contribution >= 4 is 0 Å².